The van der Waals surface area contributed by atoms with Crippen molar-refractivity contribution in [3.05, 3.63) is 0 Å². The minimum Gasteiger partial charge on any atom is -0.464 e. The van der Waals surface area contributed by atoms with Gasteiger partial charge in [0, 0.05) is 39.3 Å². The van der Waals surface area contributed by atoms with Gasteiger partial charge in [-0.2, -0.15) is 0 Å². The van der Waals surface area contributed by atoms with E-state index >= 15 is 0 Å². The molecule has 0 bridgehead atoms. The molecule has 0 aromatic heterocycles. The molecule has 0 spiro atoms. The Labute approximate surface area is 414 Å². The van der Waals surface area contributed by atoms with Gasteiger partial charge in [0.2, 0.25) is 11.8 Å². The normalized spacial score (nSPS) is 12.5. The number of nitrogens with zero attached hydrogens (tertiary/aromatic N) is 1. The second-order valence-corrected chi connectivity index (χ2v) is 20.5. The second-order valence-electron chi connectivity index (χ2n) is 20.5. The Morgan fingerprint density at radius 1 is 0.448 bits per heavy atom. The van der Waals surface area contributed by atoms with Crippen molar-refractivity contribution in [3.63, 3.8) is 0 Å². The largest absolute Gasteiger partial charge is 0.464 e. The number of methoxy groups -OCH3 is 1. The molecule has 0 aliphatic rings. The molecule has 0 radical (unpaired) electrons. The van der Waals surface area contributed by atoms with Crippen molar-refractivity contribution in [2.75, 3.05) is 46.6 Å². The van der Waals surface area contributed by atoms with E-state index in [2.05, 4.69) is 33.0 Å². The summed E-state index contributed by atoms with van der Waals surface area (Å²) < 4.78 is 22.8. The van der Waals surface area contributed by atoms with Gasteiger partial charge < -0.3 is 29.2 Å². The lowest BCUT2D eigenvalue weighted by Crippen LogP contribution is -2.38. The topological polar surface area (TPSA) is 120 Å². The minimum atomic E-state index is -0.282. The van der Waals surface area contributed by atoms with Gasteiger partial charge in [0.15, 0.2) is 0 Å². The van der Waals surface area contributed by atoms with Crippen LogP contribution in [0.25, 0.3) is 0 Å². The Morgan fingerprint density at radius 2 is 0.821 bits per heavy atom. The molecule has 396 valence electrons. The number of carbonyl (C=O) groups is 4. The van der Waals surface area contributed by atoms with Crippen molar-refractivity contribution in [1.82, 2.24) is 10.2 Å². The molecule has 2 amide bonds. The number of esters is 2. The van der Waals surface area contributed by atoms with E-state index in [9.17, 15) is 19.2 Å². The lowest BCUT2D eigenvalue weighted by molar-refractivity contribution is -0.147. The average molecular weight is 952 g/mol. The van der Waals surface area contributed by atoms with E-state index in [0.717, 1.165) is 64.2 Å². The predicted molar refractivity (Wildman–Crippen MR) is 279 cm³/mol. The quantitative estimate of drug-likeness (QED) is 0.0473. The Kier molecular flexibility index (Phi) is 44.7. The van der Waals surface area contributed by atoms with Crippen LogP contribution < -0.4 is 5.32 Å². The summed E-state index contributed by atoms with van der Waals surface area (Å²) in [6.07, 6.45) is 42.2. The summed E-state index contributed by atoms with van der Waals surface area (Å²) >= 11 is 0. The lowest BCUT2D eigenvalue weighted by Gasteiger charge is -2.31. The van der Waals surface area contributed by atoms with Gasteiger partial charge in [-0.05, 0) is 59.3 Å². The maximum Gasteiger partial charge on any atom is 0.305 e. The van der Waals surface area contributed by atoms with Crippen LogP contribution in [-0.4, -0.2) is 86.4 Å². The number of amides is 2. The minimum absolute atomic E-state index is 0.0248. The van der Waals surface area contributed by atoms with Crippen LogP contribution in [0.4, 0.5) is 0 Å². The van der Waals surface area contributed by atoms with Crippen LogP contribution in [0, 0.1) is 0 Å². The van der Waals surface area contributed by atoms with Gasteiger partial charge in [-0.25, -0.2) is 0 Å². The first kappa shape index (κ1) is 64.8. The maximum atomic E-state index is 13.4. The van der Waals surface area contributed by atoms with E-state index < -0.39 is 0 Å². The Hall–Kier alpha value is -2.20. The van der Waals surface area contributed by atoms with Crippen LogP contribution in [-0.2, 0) is 38.1 Å². The van der Waals surface area contributed by atoms with Gasteiger partial charge in [-0.1, -0.05) is 201 Å². The number of hydrogen-bond acceptors (Lipinski definition) is 8. The third kappa shape index (κ3) is 43.6. The molecule has 0 aromatic rings. The van der Waals surface area contributed by atoms with Crippen molar-refractivity contribution < 1.29 is 38.1 Å². The van der Waals surface area contributed by atoms with Crippen molar-refractivity contribution >= 4 is 23.8 Å². The zero-order chi connectivity index (χ0) is 49.5. The van der Waals surface area contributed by atoms with E-state index in [1.165, 1.54) is 154 Å². The van der Waals surface area contributed by atoms with E-state index in [4.69, 9.17) is 18.9 Å². The second kappa shape index (κ2) is 46.2. The monoisotopic (exact) mass is 951 g/mol. The molecule has 0 aliphatic heterocycles. The van der Waals surface area contributed by atoms with Crippen molar-refractivity contribution in [3.8, 4) is 0 Å². The molecule has 1 unspecified atom stereocenters. The van der Waals surface area contributed by atoms with Crippen molar-refractivity contribution in [2.24, 2.45) is 0 Å². The van der Waals surface area contributed by atoms with Gasteiger partial charge >= 0.3 is 11.9 Å². The Bertz CT molecular complexity index is 1110. The predicted octanol–water partition coefficient (Wildman–Crippen LogP) is 15.1. The highest BCUT2D eigenvalue weighted by molar-refractivity contribution is 5.83. The zero-order valence-corrected chi connectivity index (χ0v) is 45.3. The van der Waals surface area contributed by atoms with Crippen LogP contribution >= 0.6 is 0 Å². The van der Waals surface area contributed by atoms with E-state index in [0.29, 0.717) is 26.0 Å². The molecule has 10 heteroatoms. The summed E-state index contributed by atoms with van der Waals surface area (Å²) in [5.41, 5.74) is -0.517. The van der Waals surface area contributed by atoms with Gasteiger partial charge in [-0.3, -0.25) is 19.2 Å². The zero-order valence-electron chi connectivity index (χ0n) is 45.3. The summed E-state index contributed by atoms with van der Waals surface area (Å²) in [7, 11) is 1.71. The SMILES string of the molecule is CCCCCCCCCCCCCCCCCC(=O)OCCN(CCOC(=O)CCCCCCCCCCCCCCCCC)C(=O)CCC(=O)NCCCC(C)(CC)OCCC(C)(C)OC. The standard InChI is InChI=1S/C57H110N2O8/c1-8-11-13-15-17-19-21-23-25-27-29-31-33-35-37-40-54(62)65-50-47-59(48-51-66-55(63)41-38-36-34-32-30-28-26-24-22-20-18-16-14-12-9-2)53(61)43-42-52(60)58-46-39-44-57(6,10-3)67-49-45-56(4,5)64-7/h8-51H2,1-7H3,(H,58,60). The lowest BCUT2D eigenvalue weighted by atomic mass is 9.96. The van der Waals surface area contributed by atoms with Gasteiger partial charge in [0.1, 0.15) is 13.2 Å². The highest BCUT2D eigenvalue weighted by Gasteiger charge is 2.25. The van der Waals surface area contributed by atoms with Gasteiger partial charge in [0.25, 0.3) is 0 Å². The Balaban J connectivity index is 4.60. The van der Waals surface area contributed by atoms with Crippen LogP contribution in [0.5, 0.6) is 0 Å². The molecule has 0 heterocycles. The third-order valence-corrected chi connectivity index (χ3v) is 13.8. The number of carbonyl (C=O) groups excluding carboxylic acids is 4. The molecule has 0 rings (SSSR count). The summed E-state index contributed by atoms with van der Waals surface area (Å²) in [4.78, 5) is 52.9. The molecule has 1 atom stereocenters. The Morgan fingerprint density at radius 3 is 1.18 bits per heavy atom. The fourth-order valence-electron chi connectivity index (χ4n) is 8.48. The van der Waals surface area contributed by atoms with Crippen molar-refractivity contribution in [1.29, 1.82) is 0 Å². The summed E-state index contributed by atoms with van der Waals surface area (Å²) in [5.74, 6) is -0.906. The van der Waals surface area contributed by atoms with E-state index in [1.54, 1.807) is 12.0 Å². The first-order chi connectivity index (χ1) is 32.4. The van der Waals surface area contributed by atoms with Crippen LogP contribution in [0.3, 0.4) is 0 Å². The molecular formula is C57H110N2O8. The first-order valence-electron chi connectivity index (χ1n) is 28.5. The molecule has 0 aromatic carbocycles. The number of hydrogen-bond donors (Lipinski definition) is 1. The molecule has 10 nitrogen and oxygen atoms in total. The number of ether oxygens (including phenoxy) is 4. The highest BCUT2D eigenvalue weighted by Crippen LogP contribution is 2.24. The fraction of sp³-hybridized carbons (Fsp3) is 0.930. The highest BCUT2D eigenvalue weighted by atomic mass is 16.5. The maximum absolute atomic E-state index is 13.4. The van der Waals surface area contributed by atoms with Crippen LogP contribution in [0.1, 0.15) is 286 Å². The molecule has 0 fully saturated rings. The van der Waals surface area contributed by atoms with Crippen molar-refractivity contribution in [2.45, 2.75) is 297 Å². The van der Waals surface area contributed by atoms with Crippen LogP contribution in [0.15, 0.2) is 0 Å². The average Bonchev–Trinajstić information content (AvgIpc) is 3.31. The van der Waals surface area contributed by atoms with E-state index in [1.807, 2.05) is 13.8 Å². The third-order valence-electron chi connectivity index (χ3n) is 13.8. The number of nitrogens with one attached hydrogen (secondary N) is 1. The molecule has 0 aliphatic carbocycles. The van der Waals surface area contributed by atoms with Gasteiger partial charge in [0.05, 0.1) is 30.9 Å². The number of unbranched alkanes of at least 4 members (excludes halogenated alkanes) is 28. The molecule has 0 saturated carbocycles. The van der Waals surface area contributed by atoms with Crippen LogP contribution in [0.2, 0.25) is 0 Å². The van der Waals surface area contributed by atoms with Gasteiger partial charge in [-0.15, -0.1) is 0 Å². The van der Waals surface area contributed by atoms with E-state index in [-0.39, 0.29) is 74.1 Å². The molecule has 67 heavy (non-hydrogen) atoms. The fourth-order valence-corrected chi connectivity index (χ4v) is 8.48. The summed E-state index contributed by atoms with van der Waals surface area (Å²) in [5, 5.41) is 2.96. The summed E-state index contributed by atoms with van der Waals surface area (Å²) in [6, 6.07) is 0. The number of rotatable bonds is 51. The molecule has 0 saturated heterocycles. The molecular weight excluding hydrogens is 841 g/mol. The molecule has 1 N–H and O–H groups in total. The summed E-state index contributed by atoms with van der Waals surface area (Å²) in [6.45, 7) is 14.5. The first-order valence-corrected chi connectivity index (χ1v) is 28.5. The smallest absolute Gasteiger partial charge is 0.305 e.